The molecule has 1 aliphatic carbocycles. The number of aromatic hydroxyl groups is 1. The highest BCUT2D eigenvalue weighted by molar-refractivity contribution is 6.31. The molecule has 2 atom stereocenters. The number of ketones is 1. The minimum Gasteiger partial charge on any atom is -1.00 e. The first-order chi connectivity index (χ1) is 14.8. The number of amides is 1. The summed E-state index contributed by atoms with van der Waals surface area (Å²) in [7, 11) is 2.28. The van der Waals surface area contributed by atoms with Crippen molar-refractivity contribution in [2.45, 2.75) is 37.6 Å². The summed E-state index contributed by atoms with van der Waals surface area (Å²) in [6, 6.07) is 10.7. The Labute approximate surface area is 211 Å². The van der Waals surface area contributed by atoms with Gasteiger partial charge >= 0.3 is 0 Å². The zero-order valence-corrected chi connectivity index (χ0v) is 21.1. The van der Waals surface area contributed by atoms with Crippen molar-refractivity contribution in [3.05, 3.63) is 63.7 Å². The monoisotopic (exact) mass is 566 g/mol. The molecule has 5 rings (SSSR count). The molecule has 5 nitrogen and oxygen atoms in total. The van der Waals surface area contributed by atoms with Crippen LogP contribution in [0.4, 0.5) is 0 Å². The van der Waals surface area contributed by atoms with E-state index in [1.54, 1.807) is 24.3 Å². The standard InChI is InChI=1S/C25H27ClN2O3.HI/c1-28(10-2-3-11-28)15-23-19-7-5-18(29)12-16(19)8-9-27(23)25(31)22-14-24(30)20-6-4-17(26)13-21(20)22;/h4-7,12-13,22-23H,2-3,8-11,14-15H2,1H3;1H. The number of phenols is 1. The molecule has 7 heteroatoms. The van der Waals surface area contributed by atoms with Gasteiger partial charge in [0.15, 0.2) is 5.78 Å². The van der Waals surface area contributed by atoms with Crippen LogP contribution < -0.4 is 24.0 Å². The summed E-state index contributed by atoms with van der Waals surface area (Å²) < 4.78 is 0.945. The van der Waals surface area contributed by atoms with E-state index in [4.69, 9.17) is 11.6 Å². The van der Waals surface area contributed by atoms with Gasteiger partial charge in [0.1, 0.15) is 18.3 Å². The van der Waals surface area contributed by atoms with Crippen molar-refractivity contribution in [3.8, 4) is 5.75 Å². The van der Waals surface area contributed by atoms with Gasteiger partial charge in [-0.05, 0) is 53.4 Å². The van der Waals surface area contributed by atoms with Gasteiger partial charge < -0.3 is 38.5 Å². The fraction of sp³-hybridized carbons (Fsp3) is 0.440. The van der Waals surface area contributed by atoms with Crippen LogP contribution in [0, 0.1) is 0 Å². The first-order valence-electron chi connectivity index (χ1n) is 11.1. The molecule has 0 aromatic heterocycles. The van der Waals surface area contributed by atoms with Crippen LogP contribution >= 0.6 is 11.6 Å². The molecule has 0 saturated carbocycles. The third-order valence-corrected chi connectivity index (χ3v) is 7.64. The number of carbonyl (C=O) groups is 2. The van der Waals surface area contributed by atoms with Gasteiger partial charge in [0.2, 0.25) is 5.91 Å². The maximum atomic E-state index is 13.9. The van der Waals surface area contributed by atoms with E-state index >= 15 is 0 Å². The van der Waals surface area contributed by atoms with Crippen molar-refractivity contribution in [2.75, 3.05) is 33.2 Å². The Hall–Kier alpha value is -1.64. The molecule has 1 N–H and O–H groups in total. The predicted molar refractivity (Wildman–Crippen MR) is 119 cm³/mol. The first-order valence-corrected chi connectivity index (χ1v) is 11.5. The molecule has 2 aromatic rings. The summed E-state index contributed by atoms with van der Waals surface area (Å²) in [6.45, 7) is 3.69. The molecular formula is C25H28ClIN2O3. The van der Waals surface area contributed by atoms with Crippen LogP contribution in [0.1, 0.15) is 58.3 Å². The number of rotatable bonds is 3. The summed E-state index contributed by atoms with van der Waals surface area (Å²) in [4.78, 5) is 28.4. The van der Waals surface area contributed by atoms with E-state index in [1.165, 1.54) is 12.8 Å². The van der Waals surface area contributed by atoms with E-state index in [9.17, 15) is 14.7 Å². The maximum absolute atomic E-state index is 13.9. The average Bonchev–Trinajstić information content (AvgIpc) is 3.30. The number of quaternary nitrogens is 1. The Morgan fingerprint density at radius 3 is 2.66 bits per heavy atom. The number of carbonyl (C=O) groups excluding carboxylic acids is 2. The number of nitrogens with zero attached hydrogens (tertiary/aromatic N) is 2. The molecule has 2 aromatic carbocycles. The zero-order valence-electron chi connectivity index (χ0n) is 18.2. The summed E-state index contributed by atoms with van der Waals surface area (Å²) in [5.41, 5.74) is 3.63. The van der Waals surface area contributed by atoms with Crippen LogP contribution in [0.15, 0.2) is 36.4 Å². The topological polar surface area (TPSA) is 57.6 Å². The summed E-state index contributed by atoms with van der Waals surface area (Å²) in [5.74, 6) is -0.165. The van der Waals surface area contributed by atoms with Crippen molar-refractivity contribution in [2.24, 2.45) is 0 Å². The second-order valence-corrected chi connectivity index (χ2v) is 9.98. The van der Waals surface area contributed by atoms with E-state index < -0.39 is 5.92 Å². The van der Waals surface area contributed by atoms with Gasteiger partial charge in [0.25, 0.3) is 0 Å². The Morgan fingerprint density at radius 2 is 1.91 bits per heavy atom. The van der Waals surface area contributed by atoms with Crippen LogP contribution in [0.2, 0.25) is 5.02 Å². The van der Waals surface area contributed by atoms with Crippen molar-refractivity contribution >= 4 is 23.3 Å². The average molecular weight is 567 g/mol. The van der Waals surface area contributed by atoms with Gasteiger partial charge in [0.05, 0.1) is 26.1 Å². The highest BCUT2D eigenvalue weighted by Gasteiger charge is 2.43. The molecule has 170 valence electrons. The molecule has 2 unspecified atom stereocenters. The number of fused-ring (bicyclic) bond motifs is 2. The van der Waals surface area contributed by atoms with Gasteiger partial charge in [-0.1, -0.05) is 17.7 Å². The van der Waals surface area contributed by atoms with Gasteiger partial charge in [-0.3, -0.25) is 9.59 Å². The summed E-state index contributed by atoms with van der Waals surface area (Å²) >= 11 is 6.21. The maximum Gasteiger partial charge on any atom is 0.231 e. The molecule has 2 aliphatic heterocycles. The smallest absolute Gasteiger partial charge is 0.231 e. The number of likely N-dealkylation sites (tertiary alicyclic amines) is 1. The quantitative estimate of drug-likeness (QED) is 0.447. The third-order valence-electron chi connectivity index (χ3n) is 7.40. The van der Waals surface area contributed by atoms with Gasteiger partial charge in [-0.15, -0.1) is 0 Å². The fourth-order valence-electron chi connectivity index (χ4n) is 5.76. The molecule has 0 spiro atoms. The SMILES string of the molecule is C[N+]1(CC2c3ccc(O)cc3CCN2C(=O)C2CC(=O)c3ccc(Cl)cc32)CCCC1.[I-]. The molecular weight excluding hydrogens is 539 g/mol. The lowest BCUT2D eigenvalue weighted by molar-refractivity contribution is -0.900. The number of halogens is 2. The van der Waals surface area contributed by atoms with Gasteiger partial charge in [0, 0.05) is 36.4 Å². The summed E-state index contributed by atoms with van der Waals surface area (Å²) in [5, 5.41) is 10.5. The van der Waals surface area contributed by atoms with E-state index in [0.717, 1.165) is 40.8 Å². The molecule has 1 saturated heterocycles. The number of hydrogen-bond acceptors (Lipinski definition) is 3. The second-order valence-electron chi connectivity index (χ2n) is 9.55. The molecule has 3 aliphatic rings. The lowest BCUT2D eigenvalue weighted by Gasteiger charge is -2.42. The number of Topliss-reactive ketones (excluding diaryl/α,β-unsaturated/α-hetero) is 1. The van der Waals surface area contributed by atoms with Crippen molar-refractivity contribution in [3.63, 3.8) is 0 Å². The molecule has 2 heterocycles. The molecule has 1 amide bonds. The second kappa shape index (κ2) is 8.95. The largest absolute Gasteiger partial charge is 1.00 e. The molecule has 32 heavy (non-hydrogen) atoms. The van der Waals surface area contributed by atoms with Crippen LogP contribution in [0.3, 0.4) is 0 Å². The van der Waals surface area contributed by atoms with Gasteiger partial charge in [-0.25, -0.2) is 0 Å². The molecule has 0 radical (unpaired) electrons. The minimum absolute atomic E-state index is 0. The number of phenolic OH excluding ortho intramolecular Hbond substituents is 1. The Balaban J connectivity index is 0.00000245. The third kappa shape index (κ3) is 4.17. The fourth-order valence-corrected chi connectivity index (χ4v) is 5.94. The Kier molecular flexibility index (Phi) is 6.58. The van der Waals surface area contributed by atoms with Crippen molar-refractivity contribution in [1.82, 2.24) is 4.90 Å². The van der Waals surface area contributed by atoms with Crippen LogP contribution in [0.25, 0.3) is 0 Å². The van der Waals surface area contributed by atoms with Crippen LogP contribution in [0.5, 0.6) is 5.75 Å². The van der Waals surface area contributed by atoms with Crippen LogP contribution in [-0.4, -0.2) is 59.4 Å². The van der Waals surface area contributed by atoms with Crippen LogP contribution in [-0.2, 0) is 11.2 Å². The molecule has 0 bridgehead atoms. The van der Waals surface area contributed by atoms with E-state index in [0.29, 0.717) is 23.6 Å². The normalized spacial score (nSPS) is 23.4. The first kappa shape index (κ1) is 23.5. The van der Waals surface area contributed by atoms with E-state index in [2.05, 4.69) is 7.05 Å². The highest BCUT2D eigenvalue weighted by atomic mass is 127. The highest BCUT2D eigenvalue weighted by Crippen LogP contribution is 2.41. The number of benzene rings is 2. The summed E-state index contributed by atoms with van der Waals surface area (Å²) in [6.07, 6.45) is 3.34. The lowest BCUT2D eigenvalue weighted by Crippen LogP contribution is -3.00. The lowest BCUT2D eigenvalue weighted by atomic mass is 9.89. The Morgan fingerprint density at radius 1 is 1.16 bits per heavy atom. The van der Waals surface area contributed by atoms with E-state index in [-0.39, 0.29) is 53.9 Å². The van der Waals surface area contributed by atoms with E-state index in [1.807, 2.05) is 17.0 Å². The predicted octanol–water partition coefficient (Wildman–Crippen LogP) is 1.09. The number of likely N-dealkylation sites (N-methyl/N-ethyl adjacent to an activating group) is 1. The Bertz CT molecular complexity index is 1070. The minimum atomic E-state index is -0.466. The van der Waals surface area contributed by atoms with Crippen molar-refractivity contribution < 1.29 is 43.2 Å². The van der Waals surface area contributed by atoms with Crippen molar-refractivity contribution in [1.29, 1.82) is 0 Å². The van der Waals surface area contributed by atoms with Gasteiger partial charge in [-0.2, -0.15) is 0 Å². The molecule has 1 fully saturated rings. The zero-order chi connectivity index (χ0) is 21.8. The number of hydrogen-bond donors (Lipinski definition) is 1.